The summed E-state index contributed by atoms with van der Waals surface area (Å²) < 4.78 is 38.8. The van der Waals surface area contributed by atoms with Gasteiger partial charge in [-0.3, -0.25) is 14.4 Å². The van der Waals surface area contributed by atoms with Crippen LogP contribution in [0.2, 0.25) is 5.02 Å². The number of amides is 3. The number of halogens is 4. The summed E-state index contributed by atoms with van der Waals surface area (Å²) >= 11 is 5.93. The Kier molecular flexibility index (Phi) is 10.3. The van der Waals surface area contributed by atoms with Crippen molar-refractivity contribution < 1.29 is 32.7 Å². The van der Waals surface area contributed by atoms with E-state index in [1.54, 1.807) is 18.9 Å². The van der Waals surface area contributed by atoms with Crippen molar-refractivity contribution in [1.82, 2.24) is 30.1 Å². The summed E-state index contributed by atoms with van der Waals surface area (Å²) in [5.41, 5.74) is -0.143. The van der Waals surface area contributed by atoms with Gasteiger partial charge in [-0.2, -0.15) is 18.3 Å². The molecule has 0 bridgehead atoms. The second-order valence-corrected chi connectivity index (χ2v) is 9.52. The molecule has 42 heavy (non-hydrogen) atoms. The number of allylic oxidation sites excluding steroid dienone is 1. The second-order valence-electron chi connectivity index (χ2n) is 9.11. The zero-order chi connectivity index (χ0) is 31.2. The zero-order valence-electron chi connectivity index (χ0n) is 23.1. The Labute approximate surface area is 244 Å². The molecule has 16 heteroatoms. The summed E-state index contributed by atoms with van der Waals surface area (Å²) in [6.45, 7) is 7.05. The van der Waals surface area contributed by atoms with Crippen LogP contribution < -0.4 is 10.6 Å². The first-order valence-electron chi connectivity index (χ1n) is 12.7. The molecular weight excluding hydrogens is 581 g/mol. The first-order chi connectivity index (χ1) is 19.8. The van der Waals surface area contributed by atoms with Gasteiger partial charge in [0, 0.05) is 45.6 Å². The molecule has 0 spiro atoms. The van der Waals surface area contributed by atoms with Crippen LogP contribution in [-0.4, -0.2) is 94.1 Å². The van der Waals surface area contributed by atoms with Crippen molar-refractivity contribution in [3.63, 3.8) is 0 Å². The van der Waals surface area contributed by atoms with Crippen molar-refractivity contribution in [3.05, 3.63) is 57.9 Å². The quantitative estimate of drug-likeness (QED) is 0.223. The Bertz CT molecular complexity index is 1390. The van der Waals surface area contributed by atoms with Crippen LogP contribution in [0.5, 0.6) is 5.75 Å². The highest BCUT2D eigenvalue weighted by atomic mass is 35.5. The molecule has 3 amide bonds. The second kappa shape index (κ2) is 13.5. The molecule has 1 saturated heterocycles. The fraction of sp³-hybridized carbons (Fsp3) is 0.385. The van der Waals surface area contributed by atoms with Gasteiger partial charge in [-0.25, -0.2) is 15.0 Å². The molecule has 2 heterocycles. The van der Waals surface area contributed by atoms with E-state index in [0.717, 1.165) is 17.1 Å². The maximum absolute atomic E-state index is 13.7. The molecule has 3 N–H and O–H groups in total. The van der Waals surface area contributed by atoms with Crippen molar-refractivity contribution >= 4 is 41.7 Å². The van der Waals surface area contributed by atoms with Crippen LogP contribution in [0, 0.1) is 6.92 Å². The number of rotatable bonds is 9. The van der Waals surface area contributed by atoms with E-state index >= 15 is 0 Å². The Morgan fingerprint density at radius 2 is 1.81 bits per heavy atom. The minimum absolute atomic E-state index is 0.0722. The highest BCUT2D eigenvalue weighted by molar-refractivity contribution is 6.33. The number of anilines is 1. The Balaban J connectivity index is 1.74. The molecule has 12 nitrogen and oxygen atoms in total. The molecule has 0 unspecified atom stereocenters. The number of aromatic hydroxyl groups is 1. The summed E-state index contributed by atoms with van der Waals surface area (Å²) in [6, 6.07) is 2.47. The molecule has 1 aromatic heterocycles. The number of hydrazone groups is 1. The fourth-order valence-electron chi connectivity index (χ4n) is 4.25. The summed E-state index contributed by atoms with van der Waals surface area (Å²) in [5.74, 6) is -2.21. The first kappa shape index (κ1) is 32.1. The van der Waals surface area contributed by atoms with Crippen molar-refractivity contribution in [2.45, 2.75) is 26.4 Å². The Morgan fingerprint density at radius 1 is 1.17 bits per heavy atom. The van der Waals surface area contributed by atoms with Gasteiger partial charge in [0.2, 0.25) is 5.91 Å². The van der Waals surface area contributed by atoms with E-state index in [1.165, 1.54) is 11.2 Å². The summed E-state index contributed by atoms with van der Waals surface area (Å²) in [4.78, 5) is 50.4. The number of nitrogens with one attached hydrogen (secondary N) is 2. The lowest BCUT2D eigenvalue weighted by molar-refractivity contribution is -0.137. The normalized spacial score (nSPS) is 14.2. The van der Waals surface area contributed by atoms with Crippen LogP contribution in [0.4, 0.5) is 18.9 Å². The van der Waals surface area contributed by atoms with Gasteiger partial charge in [0.25, 0.3) is 11.8 Å². The lowest BCUT2D eigenvalue weighted by Crippen LogP contribution is -2.51. The molecule has 226 valence electrons. The number of benzene rings is 1. The molecule has 0 radical (unpaired) electrons. The average molecular weight is 611 g/mol. The largest absolute Gasteiger partial charge is 0.504 e. The van der Waals surface area contributed by atoms with E-state index in [0.29, 0.717) is 18.2 Å². The van der Waals surface area contributed by atoms with Crippen molar-refractivity contribution in [2.75, 3.05) is 45.1 Å². The van der Waals surface area contributed by atoms with Crippen LogP contribution in [0.15, 0.2) is 41.0 Å². The Hall–Kier alpha value is -4.40. The number of carbonyl (C=O) groups excluding carboxylic acids is 3. The van der Waals surface area contributed by atoms with Gasteiger partial charge in [0.05, 0.1) is 22.0 Å². The minimum atomic E-state index is -4.61. The third-order valence-corrected chi connectivity index (χ3v) is 6.82. The number of nitrogens with zero attached hydrogens (tertiary/aromatic N) is 6. The molecule has 0 saturated carbocycles. The molecule has 0 aliphatic carbocycles. The third kappa shape index (κ3) is 7.26. The lowest BCUT2D eigenvalue weighted by Gasteiger charge is -2.38. The molecule has 0 atom stereocenters. The van der Waals surface area contributed by atoms with E-state index in [1.807, 2.05) is 6.92 Å². The zero-order valence-corrected chi connectivity index (χ0v) is 23.9. The topological polar surface area (TPSA) is 143 Å². The molecule has 2 aromatic rings. The SMILES string of the molecule is C=NN(CC(=O)Nc1ccc(C(F)(F)F)cc1Cl)C(=O)/C(=C(/CC)NC)N1CCN(C(=O)c2ncnc(C)c2O)CC1. The van der Waals surface area contributed by atoms with Gasteiger partial charge in [0.15, 0.2) is 11.4 Å². The number of hydrogen-bond acceptors (Lipinski definition) is 9. The highest BCUT2D eigenvalue weighted by Crippen LogP contribution is 2.33. The van der Waals surface area contributed by atoms with Crippen LogP contribution in [-0.2, 0) is 15.8 Å². The van der Waals surface area contributed by atoms with E-state index < -0.39 is 36.0 Å². The van der Waals surface area contributed by atoms with Crippen molar-refractivity contribution in [1.29, 1.82) is 0 Å². The van der Waals surface area contributed by atoms with Crippen LogP contribution in [0.1, 0.15) is 35.1 Å². The molecular formula is C26H30ClF3N8O4. The number of piperazine rings is 1. The highest BCUT2D eigenvalue weighted by Gasteiger charge is 2.33. The van der Waals surface area contributed by atoms with Gasteiger partial charge < -0.3 is 25.5 Å². The van der Waals surface area contributed by atoms with E-state index in [2.05, 4.69) is 32.4 Å². The Morgan fingerprint density at radius 3 is 2.36 bits per heavy atom. The van der Waals surface area contributed by atoms with Gasteiger partial charge in [-0.1, -0.05) is 18.5 Å². The monoisotopic (exact) mass is 610 g/mol. The predicted molar refractivity (Wildman–Crippen MR) is 149 cm³/mol. The molecule has 3 rings (SSSR count). The minimum Gasteiger partial charge on any atom is -0.504 e. The van der Waals surface area contributed by atoms with Gasteiger partial charge in [-0.05, 0) is 31.5 Å². The van der Waals surface area contributed by atoms with Gasteiger partial charge in [0.1, 0.15) is 18.6 Å². The summed E-state index contributed by atoms with van der Waals surface area (Å²) in [6.07, 6.45) is -3.00. The van der Waals surface area contributed by atoms with Gasteiger partial charge in [-0.15, -0.1) is 0 Å². The van der Waals surface area contributed by atoms with Crippen LogP contribution in [0.25, 0.3) is 0 Å². The van der Waals surface area contributed by atoms with Crippen molar-refractivity contribution in [3.8, 4) is 5.75 Å². The predicted octanol–water partition coefficient (Wildman–Crippen LogP) is 2.84. The lowest BCUT2D eigenvalue weighted by atomic mass is 10.1. The molecule has 1 fully saturated rings. The van der Waals surface area contributed by atoms with Crippen LogP contribution in [0.3, 0.4) is 0 Å². The average Bonchev–Trinajstić information content (AvgIpc) is 2.96. The number of carbonyl (C=O) groups is 3. The maximum Gasteiger partial charge on any atom is 0.416 e. The van der Waals surface area contributed by atoms with Crippen molar-refractivity contribution in [2.24, 2.45) is 5.10 Å². The third-order valence-electron chi connectivity index (χ3n) is 6.50. The molecule has 1 aliphatic heterocycles. The smallest absolute Gasteiger partial charge is 0.416 e. The number of alkyl halides is 3. The summed E-state index contributed by atoms with van der Waals surface area (Å²) in [7, 11) is 1.64. The van der Waals surface area contributed by atoms with E-state index in [9.17, 15) is 32.7 Å². The standard InChI is InChI=1S/C26H30ClF3N8O4/c1-5-18(31-3)22(36-8-10-37(11-9-36)24(41)21-23(40)15(2)33-14-34-21)25(42)38(32-4)13-20(39)35-19-7-6-16(12-17(19)27)26(28,29)30/h6-7,12,14,31,40H,4-5,8-11,13H2,1-3H3,(H,35,39)/b22-18+. The van der Waals surface area contributed by atoms with E-state index in [4.69, 9.17) is 11.6 Å². The van der Waals surface area contributed by atoms with Crippen LogP contribution >= 0.6 is 11.6 Å². The molecule has 1 aliphatic rings. The summed E-state index contributed by atoms with van der Waals surface area (Å²) in [5, 5.41) is 19.8. The molecule has 1 aromatic carbocycles. The first-order valence-corrected chi connectivity index (χ1v) is 13.1. The number of aryl methyl sites for hydroxylation is 1. The van der Waals surface area contributed by atoms with E-state index in [-0.39, 0.29) is 59.7 Å². The van der Waals surface area contributed by atoms with Gasteiger partial charge >= 0.3 is 6.18 Å². The fourth-order valence-corrected chi connectivity index (χ4v) is 4.48. The maximum atomic E-state index is 13.7. The number of aromatic nitrogens is 2. The number of hydrogen-bond donors (Lipinski definition) is 3.